The van der Waals surface area contributed by atoms with Crippen LogP contribution in [0.5, 0.6) is 5.75 Å². The quantitative estimate of drug-likeness (QED) is 0.534. The summed E-state index contributed by atoms with van der Waals surface area (Å²) in [5.41, 5.74) is 1.70. The van der Waals surface area contributed by atoms with E-state index in [1.165, 1.54) is 0 Å². The highest BCUT2D eigenvalue weighted by Crippen LogP contribution is 2.16. The largest absolute Gasteiger partial charge is 0.497 e. The van der Waals surface area contributed by atoms with Gasteiger partial charge in [-0.25, -0.2) is 0 Å². The highest BCUT2D eigenvalue weighted by molar-refractivity contribution is 5.92. The summed E-state index contributed by atoms with van der Waals surface area (Å²) in [6.07, 6.45) is 0. The van der Waals surface area contributed by atoms with Crippen LogP contribution < -0.4 is 15.4 Å². The van der Waals surface area contributed by atoms with Crippen molar-refractivity contribution < 1.29 is 14.3 Å². The third-order valence-electron chi connectivity index (χ3n) is 2.41. The molecule has 0 radical (unpaired) electrons. The Hall–Kier alpha value is -1.85. The lowest BCUT2D eigenvalue weighted by Gasteiger charge is -2.08. The number of hydrogen-bond donors (Lipinski definition) is 2. The van der Waals surface area contributed by atoms with Gasteiger partial charge in [0.1, 0.15) is 5.75 Å². The van der Waals surface area contributed by atoms with E-state index in [4.69, 9.17) is 9.47 Å². The number of rotatable bonds is 9. The lowest BCUT2D eigenvalue weighted by Crippen LogP contribution is -2.30. The van der Waals surface area contributed by atoms with Crippen LogP contribution in [0.25, 0.3) is 0 Å². The second-order valence-corrected chi connectivity index (χ2v) is 4.47. The number of carbonyl (C=O) groups is 1. The first-order chi connectivity index (χ1) is 9.61. The van der Waals surface area contributed by atoms with Crippen molar-refractivity contribution in [1.82, 2.24) is 5.32 Å². The molecule has 0 aliphatic carbocycles. The van der Waals surface area contributed by atoms with E-state index in [0.717, 1.165) is 11.3 Å². The van der Waals surface area contributed by atoms with E-state index in [1.54, 1.807) is 13.2 Å². The normalized spacial score (nSPS) is 10.1. The minimum absolute atomic E-state index is 0.0989. The van der Waals surface area contributed by atoms with Crippen LogP contribution in [0, 0.1) is 0 Å². The molecule has 0 heterocycles. The van der Waals surface area contributed by atoms with Crippen molar-refractivity contribution in [2.24, 2.45) is 0 Å². The molecule has 0 unspecified atom stereocenters. The molecule has 5 nitrogen and oxygen atoms in total. The molecule has 0 aliphatic heterocycles. The number of hydrogen-bond acceptors (Lipinski definition) is 4. The van der Waals surface area contributed by atoms with Gasteiger partial charge in [-0.05, 0) is 19.1 Å². The van der Waals surface area contributed by atoms with Crippen molar-refractivity contribution in [3.63, 3.8) is 0 Å². The lowest BCUT2D eigenvalue weighted by atomic mass is 10.3. The summed E-state index contributed by atoms with van der Waals surface area (Å²) in [6.45, 7) is 7.63. The number of nitrogens with one attached hydrogen (secondary N) is 2. The first-order valence-corrected chi connectivity index (χ1v) is 6.48. The zero-order valence-electron chi connectivity index (χ0n) is 12.1. The molecule has 1 aromatic rings. The molecule has 0 atom stereocenters. The Morgan fingerprint density at radius 3 is 2.90 bits per heavy atom. The lowest BCUT2D eigenvalue weighted by molar-refractivity contribution is -0.115. The fourth-order valence-electron chi connectivity index (χ4n) is 1.50. The Kier molecular flexibility index (Phi) is 7.39. The molecule has 1 aromatic carbocycles. The second-order valence-electron chi connectivity index (χ2n) is 4.47. The van der Waals surface area contributed by atoms with Gasteiger partial charge in [0.2, 0.25) is 5.91 Å². The Bertz CT molecular complexity index is 446. The van der Waals surface area contributed by atoms with Crippen molar-refractivity contribution in [2.75, 3.05) is 38.7 Å². The molecule has 110 valence electrons. The van der Waals surface area contributed by atoms with E-state index in [-0.39, 0.29) is 12.5 Å². The summed E-state index contributed by atoms with van der Waals surface area (Å²) >= 11 is 0. The summed E-state index contributed by atoms with van der Waals surface area (Å²) in [5.74, 6) is 0.613. The van der Waals surface area contributed by atoms with Gasteiger partial charge < -0.3 is 20.1 Å². The van der Waals surface area contributed by atoms with Gasteiger partial charge in [-0.1, -0.05) is 18.2 Å². The molecule has 0 fully saturated rings. The third-order valence-corrected chi connectivity index (χ3v) is 2.41. The minimum Gasteiger partial charge on any atom is -0.497 e. The molecular weight excluding hydrogens is 256 g/mol. The maximum absolute atomic E-state index is 11.7. The van der Waals surface area contributed by atoms with Crippen LogP contribution in [0.15, 0.2) is 36.4 Å². The minimum atomic E-state index is -0.0989. The summed E-state index contributed by atoms with van der Waals surface area (Å²) in [6, 6.07) is 7.24. The van der Waals surface area contributed by atoms with Crippen LogP contribution in [0.1, 0.15) is 6.92 Å². The van der Waals surface area contributed by atoms with Crippen LogP contribution in [0.4, 0.5) is 5.69 Å². The van der Waals surface area contributed by atoms with Crippen LogP contribution in [0.3, 0.4) is 0 Å². The standard InChI is InChI=1S/C15H22N2O3/c1-12(2)11-20-8-7-16-10-15(18)17-13-5-4-6-14(9-13)19-3/h4-6,9,16H,1,7-8,10-11H2,2-3H3,(H,17,18). The topological polar surface area (TPSA) is 59.6 Å². The van der Waals surface area contributed by atoms with Crippen LogP contribution in [-0.4, -0.2) is 39.3 Å². The van der Waals surface area contributed by atoms with Crippen molar-refractivity contribution in [3.05, 3.63) is 36.4 Å². The van der Waals surface area contributed by atoms with Crippen molar-refractivity contribution >= 4 is 11.6 Å². The maximum atomic E-state index is 11.7. The first kappa shape index (κ1) is 16.2. The zero-order valence-corrected chi connectivity index (χ0v) is 12.1. The average molecular weight is 278 g/mol. The Morgan fingerprint density at radius 1 is 1.40 bits per heavy atom. The summed E-state index contributed by atoms with van der Waals surface area (Å²) in [5, 5.41) is 5.80. The zero-order chi connectivity index (χ0) is 14.8. The molecule has 20 heavy (non-hydrogen) atoms. The molecule has 0 bridgehead atoms. The molecule has 0 saturated heterocycles. The van der Waals surface area contributed by atoms with Gasteiger partial charge in [0.05, 0.1) is 26.9 Å². The molecule has 0 spiro atoms. The van der Waals surface area contributed by atoms with Crippen molar-refractivity contribution in [2.45, 2.75) is 6.92 Å². The summed E-state index contributed by atoms with van der Waals surface area (Å²) in [4.78, 5) is 11.7. The predicted molar refractivity (Wildman–Crippen MR) is 80.1 cm³/mol. The molecule has 5 heteroatoms. The molecule has 1 amide bonds. The molecule has 0 aromatic heterocycles. The van der Waals surface area contributed by atoms with E-state index < -0.39 is 0 Å². The van der Waals surface area contributed by atoms with Gasteiger partial charge in [0.15, 0.2) is 0 Å². The molecule has 0 aliphatic rings. The van der Waals surface area contributed by atoms with Crippen LogP contribution in [-0.2, 0) is 9.53 Å². The predicted octanol–water partition coefficient (Wildman–Crippen LogP) is 1.82. The number of anilines is 1. The number of ether oxygens (including phenoxy) is 2. The van der Waals surface area contributed by atoms with E-state index in [9.17, 15) is 4.79 Å². The van der Waals surface area contributed by atoms with E-state index >= 15 is 0 Å². The van der Waals surface area contributed by atoms with Crippen molar-refractivity contribution in [3.8, 4) is 5.75 Å². The van der Waals surface area contributed by atoms with E-state index in [1.807, 2.05) is 25.1 Å². The van der Waals surface area contributed by atoms with Gasteiger partial charge >= 0.3 is 0 Å². The monoisotopic (exact) mass is 278 g/mol. The van der Waals surface area contributed by atoms with Gasteiger partial charge in [-0.15, -0.1) is 0 Å². The number of carbonyl (C=O) groups excluding carboxylic acids is 1. The maximum Gasteiger partial charge on any atom is 0.238 e. The average Bonchev–Trinajstić information content (AvgIpc) is 2.42. The van der Waals surface area contributed by atoms with Gasteiger partial charge in [-0.2, -0.15) is 0 Å². The van der Waals surface area contributed by atoms with Crippen molar-refractivity contribution in [1.29, 1.82) is 0 Å². The molecule has 1 rings (SSSR count). The Balaban J connectivity index is 2.18. The molecule has 2 N–H and O–H groups in total. The Labute approximate surface area is 120 Å². The molecule has 0 saturated carbocycles. The van der Waals surface area contributed by atoms with E-state index in [2.05, 4.69) is 17.2 Å². The SMILES string of the molecule is C=C(C)COCCNCC(=O)Nc1cccc(OC)c1. The number of methoxy groups -OCH3 is 1. The Morgan fingerprint density at radius 2 is 2.20 bits per heavy atom. The second kappa shape index (κ2) is 9.12. The van der Waals surface area contributed by atoms with Crippen LogP contribution in [0.2, 0.25) is 0 Å². The summed E-state index contributed by atoms with van der Waals surface area (Å²) < 4.78 is 10.4. The van der Waals surface area contributed by atoms with Gasteiger partial charge in [0.25, 0.3) is 0 Å². The fourth-order valence-corrected chi connectivity index (χ4v) is 1.50. The van der Waals surface area contributed by atoms with Crippen LogP contribution >= 0.6 is 0 Å². The highest BCUT2D eigenvalue weighted by atomic mass is 16.5. The third kappa shape index (κ3) is 6.92. The van der Waals surface area contributed by atoms with Gasteiger partial charge in [-0.3, -0.25) is 4.79 Å². The number of benzene rings is 1. The van der Waals surface area contributed by atoms with Gasteiger partial charge in [0, 0.05) is 18.3 Å². The molecular formula is C15H22N2O3. The van der Waals surface area contributed by atoms with E-state index in [0.29, 0.717) is 25.5 Å². The highest BCUT2D eigenvalue weighted by Gasteiger charge is 2.02. The smallest absolute Gasteiger partial charge is 0.238 e. The summed E-state index contributed by atoms with van der Waals surface area (Å²) in [7, 11) is 1.59. The first-order valence-electron chi connectivity index (χ1n) is 6.48. The number of amides is 1. The fraction of sp³-hybridized carbons (Fsp3) is 0.400.